The lowest BCUT2D eigenvalue weighted by Gasteiger charge is -2.34. The summed E-state index contributed by atoms with van der Waals surface area (Å²) in [5.41, 5.74) is 2.69. The van der Waals surface area contributed by atoms with Gasteiger partial charge in [0.15, 0.2) is 0 Å². The van der Waals surface area contributed by atoms with Crippen LogP contribution in [0.4, 0.5) is 0 Å². The molecule has 1 aliphatic rings. The van der Waals surface area contributed by atoms with Gasteiger partial charge in [0.2, 0.25) is 0 Å². The number of carbonyl (C=O) groups excluding carboxylic acids is 1. The molecule has 0 spiro atoms. The van der Waals surface area contributed by atoms with Crippen LogP contribution in [-0.4, -0.2) is 56.8 Å². The highest BCUT2D eigenvalue weighted by Gasteiger charge is 2.23. The van der Waals surface area contributed by atoms with E-state index in [9.17, 15) is 4.79 Å². The van der Waals surface area contributed by atoms with Crippen molar-refractivity contribution in [2.45, 2.75) is 13.5 Å². The summed E-state index contributed by atoms with van der Waals surface area (Å²) in [6.45, 7) is 5.86. The summed E-state index contributed by atoms with van der Waals surface area (Å²) in [7, 11) is 0. The summed E-state index contributed by atoms with van der Waals surface area (Å²) in [5, 5.41) is 8.05. The van der Waals surface area contributed by atoms with Gasteiger partial charge in [0.05, 0.1) is 11.9 Å². The van der Waals surface area contributed by atoms with Crippen LogP contribution in [0.25, 0.3) is 5.69 Å². The predicted molar refractivity (Wildman–Crippen MR) is 96.0 cm³/mol. The monoisotopic (exact) mass is 351 g/mol. The predicted octanol–water partition coefficient (Wildman–Crippen LogP) is 2.13. The molecule has 0 N–H and O–H groups in total. The normalized spacial score (nSPS) is 15.3. The standard InChI is InChI=1S/C19H21N5O2/c1-15-17(13-21-26-15)14-22-8-10-23(11-9-22)19(25)16-4-2-5-18(12-16)24-7-3-6-20-24/h2-7,12-13H,8-11,14H2,1H3. The Kier molecular flexibility index (Phi) is 4.53. The Morgan fingerprint density at radius 1 is 1.19 bits per heavy atom. The number of rotatable bonds is 4. The maximum atomic E-state index is 12.9. The molecule has 0 atom stereocenters. The van der Waals surface area contributed by atoms with E-state index < -0.39 is 0 Å². The molecule has 2 aromatic heterocycles. The van der Waals surface area contributed by atoms with Crippen molar-refractivity contribution in [2.24, 2.45) is 0 Å². The molecule has 7 heteroatoms. The van der Waals surface area contributed by atoms with Gasteiger partial charge in [-0.15, -0.1) is 0 Å². The van der Waals surface area contributed by atoms with E-state index in [4.69, 9.17) is 4.52 Å². The summed E-state index contributed by atoms with van der Waals surface area (Å²) in [5.74, 6) is 0.929. The van der Waals surface area contributed by atoms with Gasteiger partial charge in [0.25, 0.3) is 5.91 Å². The number of aromatic nitrogens is 3. The van der Waals surface area contributed by atoms with Crippen LogP contribution in [0.3, 0.4) is 0 Å². The molecule has 26 heavy (non-hydrogen) atoms. The second kappa shape index (κ2) is 7.13. The molecule has 4 rings (SSSR count). The number of carbonyl (C=O) groups is 1. The Bertz CT molecular complexity index is 879. The summed E-state index contributed by atoms with van der Waals surface area (Å²) < 4.78 is 6.88. The molecule has 0 unspecified atom stereocenters. The zero-order valence-electron chi connectivity index (χ0n) is 14.7. The van der Waals surface area contributed by atoms with E-state index in [-0.39, 0.29) is 5.91 Å². The van der Waals surface area contributed by atoms with Crippen LogP contribution < -0.4 is 0 Å². The lowest BCUT2D eigenvalue weighted by atomic mass is 10.1. The van der Waals surface area contributed by atoms with Crippen molar-refractivity contribution in [3.05, 3.63) is 65.8 Å². The van der Waals surface area contributed by atoms with E-state index in [0.717, 1.165) is 49.7 Å². The fourth-order valence-corrected chi connectivity index (χ4v) is 3.21. The number of aryl methyl sites for hydroxylation is 1. The van der Waals surface area contributed by atoms with Crippen molar-refractivity contribution >= 4 is 5.91 Å². The molecule has 1 aromatic carbocycles. The fraction of sp³-hybridized carbons (Fsp3) is 0.316. The molecule has 1 saturated heterocycles. The van der Waals surface area contributed by atoms with Crippen molar-refractivity contribution < 1.29 is 9.32 Å². The van der Waals surface area contributed by atoms with E-state index >= 15 is 0 Å². The summed E-state index contributed by atoms with van der Waals surface area (Å²) >= 11 is 0. The van der Waals surface area contributed by atoms with Gasteiger partial charge in [-0.2, -0.15) is 5.10 Å². The minimum Gasteiger partial charge on any atom is -0.361 e. The third kappa shape index (κ3) is 3.39. The van der Waals surface area contributed by atoms with Crippen LogP contribution in [0.1, 0.15) is 21.7 Å². The number of nitrogens with zero attached hydrogens (tertiary/aromatic N) is 5. The van der Waals surface area contributed by atoms with Crippen LogP contribution in [0.2, 0.25) is 0 Å². The topological polar surface area (TPSA) is 67.4 Å². The van der Waals surface area contributed by atoms with Crippen LogP contribution in [0.5, 0.6) is 0 Å². The Morgan fingerprint density at radius 2 is 2.04 bits per heavy atom. The van der Waals surface area contributed by atoms with E-state index in [1.807, 2.05) is 48.4 Å². The summed E-state index contributed by atoms with van der Waals surface area (Å²) in [6.07, 6.45) is 5.37. The molecule has 3 aromatic rings. The molecule has 0 saturated carbocycles. The van der Waals surface area contributed by atoms with Gasteiger partial charge >= 0.3 is 0 Å². The van der Waals surface area contributed by atoms with Crippen molar-refractivity contribution in [2.75, 3.05) is 26.2 Å². The molecule has 0 radical (unpaired) electrons. The zero-order valence-corrected chi connectivity index (χ0v) is 14.7. The van der Waals surface area contributed by atoms with Gasteiger partial charge in [-0.1, -0.05) is 11.2 Å². The third-order valence-electron chi connectivity index (χ3n) is 4.77. The Morgan fingerprint density at radius 3 is 2.73 bits per heavy atom. The summed E-state index contributed by atoms with van der Waals surface area (Å²) in [4.78, 5) is 17.1. The first-order chi connectivity index (χ1) is 12.7. The lowest BCUT2D eigenvalue weighted by Crippen LogP contribution is -2.48. The van der Waals surface area contributed by atoms with E-state index in [2.05, 4.69) is 15.2 Å². The van der Waals surface area contributed by atoms with Gasteiger partial charge in [0, 0.05) is 56.2 Å². The molecule has 3 heterocycles. The van der Waals surface area contributed by atoms with Gasteiger partial charge in [-0.25, -0.2) is 4.68 Å². The van der Waals surface area contributed by atoms with E-state index in [1.165, 1.54) is 0 Å². The number of benzene rings is 1. The van der Waals surface area contributed by atoms with E-state index in [1.54, 1.807) is 17.1 Å². The average Bonchev–Trinajstić information content (AvgIpc) is 3.35. The molecule has 1 amide bonds. The minimum atomic E-state index is 0.0693. The fourth-order valence-electron chi connectivity index (χ4n) is 3.21. The van der Waals surface area contributed by atoms with Gasteiger partial charge in [-0.3, -0.25) is 9.69 Å². The number of piperazine rings is 1. The molecular weight excluding hydrogens is 330 g/mol. The van der Waals surface area contributed by atoms with Crippen LogP contribution in [-0.2, 0) is 6.54 Å². The molecule has 134 valence electrons. The second-order valence-corrected chi connectivity index (χ2v) is 6.48. The van der Waals surface area contributed by atoms with Crippen LogP contribution in [0, 0.1) is 6.92 Å². The maximum absolute atomic E-state index is 12.9. The zero-order chi connectivity index (χ0) is 17.9. The molecule has 0 aliphatic carbocycles. The van der Waals surface area contributed by atoms with Crippen LogP contribution >= 0.6 is 0 Å². The Balaban J connectivity index is 1.39. The maximum Gasteiger partial charge on any atom is 0.254 e. The number of hydrogen-bond donors (Lipinski definition) is 0. The molecule has 0 bridgehead atoms. The van der Waals surface area contributed by atoms with Gasteiger partial charge < -0.3 is 9.42 Å². The van der Waals surface area contributed by atoms with Crippen molar-refractivity contribution in [3.63, 3.8) is 0 Å². The molecule has 1 aliphatic heterocycles. The van der Waals surface area contributed by atoms with Crippen molar-refractivity contribution in [1.82, 2.24) is 24.7 Å². The highest BCUT2D eigenvalue weighted by molar-refractivity contribution is 5.94. The highest BCUT2D eigenvalue weighted by atomic mass is 16.5. The van der Waals surface area contributed by atoms with E-state index in [0.29, 0.717) is 5.56 Å². The quantitative estimate of drug-likeness (QED) is 0.720. The molecular formula is C19H21N5O2. The first kappa shape index (κ1) is 16.5. The smallest absolute Gasteiger partial charge is 0.254 e. The Hall–Kier alpha value is -2.93. The third-order valence-corrected chi connectivity index (χ3v) is 4.77. The second-order valence-electron chi connectivity index (χ2n) is 6.48. The lowest BCUT2D eigenvalue weighted by molar-refractivity contribution is 0.0628. The van der Waals surface area contributed by atoms with Crippen LogP contribution in [0.15, 0.2) is 53.4 Å². The van der Waals surface area contributed by atoms with Crippen molar-refractivity contribution in [3.8, 4) is 5.69 Å². The largest absolute Gasteiger partial charge is 0.361 e. The van der Waals surface area contributed by atoms with Crippen molar-refractivity contribution in [1.29, 1.82) is 0 Å². The van der Waals surface area contributed by atoms with Gasteiger partial charge in [0.1, 0.15) is 5.76 Å². The SMILES string of the molecule is Cc1oncc1CN1CCN(C(=O)c2cccc(-n3cccn3)c2)CC1. The number of amides is 1. The first-order valence-electron chi connectivity index (χ1n) is 8.72. The number of hydrogen-bond acceptors (Lipinski definition) is 5. The highest BCUT2D eigenvalue weighted by Crippen LogP contribution is 2.15. The van der Waals surface area contributed by atoms with Gasteiger partial charge in [-0.05, 0) is 31.2 Å². The molecule has 7 nitrogen and oxygen atoms in total. The summed E-state index contributed by atoms with van der Waals surface area (Å²) in [6, 6.07) is 9.47. The molecule has 1 fully saturated rings. The Labute approximate surface area is 151 Å². The average molecular weight is 351 g/mol. The first-order valence-corrected chi connectivity index (χ1v) is 8.72. The minimum absolute atomic E-state index is 0.0693.